The molecule has 0 spiro atoms. The molecule has 0 bridgehead atoms. The van der Waals surface area contributed by atoms with E-state index in [0.29, 0.717) is 0 Å². The van der Waals surface area contributed by atoms with Crippen LogP contribution >= 0.6 is 0 Å². The van der Waals surface area contributed by atoms with Gasteiger partial charge >= 0.3 is 0 Å². The lowest BCUT2D eigenvalue weighted by atomic mass is 9.96. The van der Waals surface area contributed by atoms with Gasteiger partial charge in [0.1, 0.15) is 12.1 Å². The molecule has 1 aliphatic carbocycles. The number of fused-ring (bicyclic) bond motifs is 1. The minimum Gasteiger partial charge on any atom is -0.368 e. The van der Waals surface area contributed by atoms with Crippen molar-refractivity contribution in [2.24, 2.45) is 5.14 Å². The van der Waals surface area contributed by atoms with E-state index in [1.54, 1.807) is 18.5 Å². The highest BCUT2D eigenvalue weighted by Crippen LogP contribution is 2.28. The number of benzene rings is 1. The van der Waals surface area contributed by atoms with Gasteiger partial charge in [-0.2, -0.15) is 0 Å². The summed E-state index contributed by atoms with van der Waals surface area (Å²) in [5, 5.41) is 5.16. The van der Waals surface area contributed by atoms with Crippen molar-refractivity contribution in [3.8, 4) is 0 Å². The monoisotopic (exact) mass is 373 g/mol. The molecule has 1 aliphatic heterocycles. The lowest BCUT2D eigenvalue weighted by Crippen LogP contribution is -2.47. The lowest BCUT2D eigenvalue weighted by Gasteiger charge is -2.38. The SMILES string of the molecule is NS(=O)(=O)c1ccc(N2CCN(c3ncnc4c3CCCC4)CC2)cc1. The molecule has 0 atom stereocenters. The Labute approximate surface area is 153 Å². The number of hydrogen-bond donors (Lipinski definition) is 1. The molecular weight excluding hydrogens is 350 g/mol. The minimum atomic E-state index is -3.64. The highest BCUT2D eigenvalue weighted by molar-refractivity contribution is 7.89. The third-order valence-electron chi connectivity index (χ3n) is 5.21. The van der Waals surface area contributed by atoms with Gasteiger partial charge in [-0.1, -0.05) is 0 Å². The first-order valence-corrected chi connectivity index (χ1v) is 10.5. The summed E-state index contributed by atoms with van der Waals surface area (Å²) in [5.74, 6) is 1.10. The molecule has 1 aromatic carbocycles. The molecule has 26 heavy (non-hydrogen) atoms. The molecule has 4 rings (SSSR count). The van der Waals surface area contributed by atoms with E-state index in [9.17, 15) is 8.42 Å². The van der Waals surface area contributed by atoms with E-state index in [0.717, 1.165) is 50.5 Å². The summed E-state index contributed by atoms with van der Waals surface area (Å²) in [6.07, 6.45) is 6.25. The molecular formula is C18H23N5O2S. The number of piperazine rings is 1. The largest absolute Gasteiger partial charge is 0.368 e. The van der Waals surface area contributed by atoms with Gasteiger partial charge in [-0.05, 0) is 49.9 Å². The molecule has 2 N–H and O–H groups in total. The average Bonchev–Trinajstić information content (AvgIpc) is 2.67. The second-order valence-corrected chi connectivity index (χ2v) is 8.40. The van der Waals surface area contributed by atoms with E-state index in [2.05, 4.69) is 19.8 Å². The van der Waals surface area contributed by atoms with Crippen LogP contribution in [0.3, 0.4) is 0 Å². The predicted molar refractivity (Wildman–Crippen MR) is 101 cm³/mol. The van der Waals surface area contributed by atoms with Crippen LogP contribution in [0.4, 0.5) is 11.5 Å². The predicted octanol–water partition coefficient (Wildman–Crippen LogP) is 1.33. The zero-order valence-corrected chi connectivity index (χ0v) is 15.5. The zero-order valence-electron chi connectivity index (χ0n) is 14.6. The maximum atomic E-state index is 11.4. The second-order valence-electron chi connectivity index (χ2n) is 6.84. The molecule has 1 fully saturated rings. The van der Waals surface area contributed by atoms with Gasteiger partial charge < -0.3 is 9.80 Å². The number of aromatic nitrogens is 2. The van der Waals surface area contributed by atoms with Gasteiger partial charge in [0, 0.05) is 43.1 Å². The minimum absolute atomic E-state index is 0.146. The van der Waals surface area contributed by atoms with Crippen LogP contribution in [0, 0.1) is 0 Å². The highest BCUT2D eigenvalue weighted by atomic mass is 32.2. The Morgan fingerprint density at radius 3 is 2.23 bits per heavy atom. The summed E-state index contributed by atoms with van der Waals surface area (Å²) >= 11 is 0. The normalized spacial score (nSPS) is 17.9. The summed E-state index contributed by atoms with van der Waals surface area (Å²) in [5.41, 5.74) is 3.55. The van der Waals surface area contributed by atoms with Crippen LogP contribution in [0.15, 0.2) is 35.5 Å². The van der Waals surface area contributed by atoms with Crippen LogP contribution < -0.4 is 14.9 Å². The molecule has 2 aromatic rings. The molecule has 2 aliphatic rings. The summed E-state index contributed by atoms with van der Waals surface area (Å²) in [6, 6.07) is 6.78. The third kappa shape index (κ3) is 3.39. The highest BCUT2D eigenvalue weighted by Gasteiger charge is 2.23. The van der Waals surface area contributed by atoms with Crippen molar-refractivity contribution in [1.29, 1.82) is 0 Å². The quantitative estimate of drug-likeness (QED) is 0.873. The standard InChI is InChI=1S/C18H23N5O2S/c19-26(24,25)15-7-5-14(6-8-15)22-9-11-23(12-10-22)18-16-3-1-2-4-17(16)20-13-21-18/h5-8,13H,1-4,9-12H2,(H2,19,24,25). The van der Waals surface area contributed by atoms with Crippen LogP contribution in [-0.4, -0.2) is 44.6 Å². The fraction of sp³-hybridized carbons (Fsp3) is 0.444. The van der Waals surface area contributed by atoms with Gasteiger partial charge in [0.25, 0.3) is 0 Å². The van der Waals surface area contributed by atoms with E-state index in [4.69, 9.17) is 5.14 Å². The first kappa shape index (κ1) is 17.2. The molecule has 0 unspecified atom stereocenters. The van der Waals surface area contributed by atoms with E-state index >= 15 is 0 Å². The van der Waals surface area contributed by atoms with Gasteiger partial charge in [-0.3, -0.25) is 0 Å². The number of nitrogens with two attached hydrogens (primary N) is 1. The summed E-state index contributed by atoms with van der Waals surface area (Å²) < 4.78 is 22.8. The maximum absolute atomic E-state index is 11.4. The van der Waals surface area contributed by atoms with Crippen molar-refractivity contribution >= 4 is 21.5 Å². The maximum Gasteiger partial charge on any atom is 0.238 e. The fourth-order valence-corrected chi connectivity index (χ4v) is 4.31. The van der Waals surface area contributed by atoms with E-state index in [1.807, 2.05) is 12.1 Å². The number of hydrogen-bond acceptors (Lipinski definition) is 6. The van der Waals surface area contributed by atoms with Gasteiger partial charge in [0.05, 0.1) is 4.90 Å². The Balaban J connectivity index is 1.46. The number of primary sulfonamides is 1. The van der Waals surface area contributed by atoms with Crippen LogP contribution in [0.1, 0.15) is 24.1 Å². The van der Waals surface area contributed by atoms with Crippen molar-refractivity contribution in [1.82, 2.24) is 9.97 Å². The smallest absolute Gasteiger partial charge is 0.238 e. The van der Waals surface area contributed by atoms with Gasteiger partial charge in [-0.15, -0.1) is 0 Å². The summed E-state index contributed by atoms with van der Waals surface area (Å²) in [6.45, 7) is 3.52. The van der Waals surface area contributed by atoms with E-state index < -0.39 is 10.0 Å². The molecule has 8 heteroatoms. The topological polar surface area (TPSA) is 92.4 Å². The van der Waals surface area contributed by atoms with Gasteiger partial charge in [0.15, 0.2) is 0 Å². The Morgan fingerprint density at radius 2 is 1.54 bits per heavy atom. The lowest BCUT2D eigenvalue weighted by molar-refractivity contribution is 0.597. The fourth-order valence-electron chi connectivity index (χ4n) is 3.80. The number of sulfonamides is 1. The number of anilines is 2. The molecule has 2 heterocycles. The molecule has 0 amide bonds. The Hall–Kier alpha value is -2.19. The van der Waals surface area contributed by atoms with E-state index in [1.165, 1.54) is 24.1 Å². The van der Waals surface area contributed by atoms with E-state index in [-0.39, 0.29) is 4.90 Å². The van der Waals surface area contributed by atoms with Crippen molar-refractivity contribution in [3.63, 3.8) is 0 Å². The molecule has 1 saturated heterocycles. The van der Waals surface area contributed by atoms with Crippen molar-refractivity contribution in [2.45, 2.75) is 30.6 Å². The molecule has 0 radical (unpaired) electrons. The third-order valence-corrected chi connectivity index (χ3v) is 6.14. The molecule has 7 nitrogen and oxygen atoms in total. The molecule has 0 saturated carbocycles. The average molecular weight is 373 g/mol. The van der Waals surface area contributed by atoms with Crippen LogP contribution in [-0.2, 0) is 22.9 Å². The van der Waals surface area contributed by atoms with Gasteiger partial charge in [-0.25, -0.2) is 23.5 Å². The Bertz CT molecular complexity index is 890. The number of rotatable bonds is 3. The van der Waals surface area contributed by atoms with Crippen LogP contribution in [0.5, 0.6) is 0 Å². The van der Waals surface area contributed by atoms with Gasteiger partial charge in [0.2, 0.25) is 10.0 Å². The van der Waals surface area contributed by atoms with Crippen LogP contribution in [0.25, 0.3) is 0 Å². The molecule has 1 aromatic heterocycles. The summed E-state index contributed by atoms with van der Waals surface area (Å²) in [4.78, 5) is 13.8. The second kappa shape index (κ2) is 6.85. The first-order valence-electron chi connectivity index (χ1n) is 8.98. The number of aryl methyl sites for hydroxylation is 1. The first-order chi connectivity index (χ1) is 12.5. The number of nitrogens with zero attached hydrogens (tertiary/aromatic N) is 4. The molecule has 138 valence electrons. The van der Waals surface area contributed by atoms with Crippen LogP contribution in [0.2, 0.25) is 0 Å². The Kier molecular flexibility index (Phi) is 4.54. The zero-order chi connectivity index (χ0) is 18.1. The van der Waals surface area contributed by atoms with Crippen molar-refractivity contribution < 1.29 is 8.42 Å². The van der Waals surface area contributed by atoms with Crippen molar-refractivity contribution in [3.05, 3.63) is 41.9 Å². The summed E-state index contributed by atoms with van der Waals surface area (Å²) in [7, 11) is -3.64. The van der Waals surface area contributed by atoms with Crippen molar-refractivity contribution in [2.75, 3.05) is 36.0 Å². The Morgan fingerprint density at radius 1 is 0.885 bits per heavy atom.